The van der Waals surface area contributed by atoms with Gasteiger partial charge >= 0.3 is 0 Å². The minimum absolute atomic E-state index is 0.164. The van der Waals surface area contributed by atoms with E-state index in [0.717, 1.165) is 11.3 Å². The van der Waals surface area contributed by atoms with E-state index in [0.29, 0.717) is 34.5 Å². The van der Waals surface area contributed by atoms with Crippen molar-refractivity contribution in [3.05, 3.63) is 89.5 Å². The maximum atomic E-state index is 13.4. The van der Waals surface area contributed by atoms with Gasteiger partial charge in [0.1, 0.15) is 23.3 Å². The molecule has 0 bridgehead atoms. The number of aryl methyl sites for hydroxylation is 1. The van der Waals surface area contributed by atoms with Crippen LogP contribution in [0.4, 0.5) is 11.6 Å². The molecular weight excluding hydrogens is 406 g/mol. The number of benzene rings is 2. The highest BCUT2D eigenvalue weighted by molar-refractivity contribution is 6.05. The largest absolute Gasteiger partial charge is 0.508 e. The number of hydrogen-bond donors (Lipinski definition) is 3. The van der Waals surface area contributed by atoms with Gasteiger partial charge in [-0.3, -0.25) is 4.79 Å². The molecule has 0 aliphatic carbocycles. The molecule has 32 heavy (non-hydrogen) atoms. The molecule has 0 radical (unpaired) electrons. The average molecular weight is 427 g/mol. The topological polar surface area (TPSA) is 105 Å². The van der Waals surface area contributed by atoms with Gasteiger partial charge < -0.3 is 20.2 Å². The fourth-order valence-electron chi connectivity index (χ4n) is 3.76. The second kappa shape index (κ2) is 7.73. The number of nitrogens with zero attached hydrogens (tertiary/aromatic N) is 3. The Kier molecular flexibility index (Phi) is 4.74. The van der Waals surface area contributed by atoms with Crippen LogP contribution in [0.1, 0.15) is 24.5 Å². The van der Waals surface area contributed by atoms with E-state index in [-0.39, 0.29) is 11.7 Å². The van der Waals surface area contributed by atoms with E-state index in [1.807, 2.05) is 56.3 Å². The number of furan rings is 1. The number of hydrogen-bond acceptors (Lipinski definition) is 6. The van der Waals surface area contributed by atoms with E-state index in [1.54, 1.807) is 28.9 Å². The highest BCUT2D eigenvalue weighted by Crippen LogP contribution is 2.37. The van der Waals surface area contributed by atoms with E-state index >= 15 is 0 Å². The Morgan fingerprint density at radius 1 is 1.06 bits per heavy atom. The normalized spacial score (nSPS) is 15.2. The molecule has 8 heteroatoms. The van der Waals surface area contributed by atoms with Crippen molar-refractivity contribution in [2.24, 2.45) is 0 Å². The summed E-state index contributed by atoms with van der Waals surface area (Å²) in [7, 11) is 0. The third-order valence-electron chi connectivity index (χ3n) is 5.29. The lowest BCUT2D eigenvalue weighted by Gasteiger charge is -2.27. The van der Waals surface area contributed by atoms with Crippen molar-refractivity contribution < 1.29 is 14.3 Å². The maximum absolute atomic E-state index is 13.4. The van der Waals surface area contributed by atoms with Gasteiger partial charge in [0.25, 0.3) is 5.91 Å². The molecule has 1 aliphatic rings. The van der Waals surface area contributed by atoms with Gasteiger partial charge in [-0.1, -0.05) is 18.2 Å². The first-order valence-corrected chi connectivity index (χ1v) is 10.2. The number of amides is 1. The number of anilines is 2. The summed E-state index contributed by atoms with van der Waals surface area (Å²) in [5, 5.41) is 20.4. The van der Waals surface area contributed by atoms with E-state index in [1.165, 1.54) is 0 Å². The van der Waals surface area contributed by atoms with Crippen LogP contribution in [-0.4, -0.2) is 25.8 Å². The third kappa shape index (κ3) is 3.51. The molecule has 3 N–H and O–H groups in total. The summed E-state index contributed by atoms with van der Waals surface area (Å²) in [5.74, 6) is 2.20. The number of nitrogens with one attached hydrogen (secondary N) is 2. The second-order valence-corrected chi connectivity index (χ2v) is 7.59. The van der Waals surface area contributed by atoms with Crippen LogP contribution in [0, 0.1) is 6.92 Å². The Bertz CT molecular complexity index is 1320. The van der Waals surface area contributed by atoms with Crippen LogP contribution in [0.3, 0.4) is 0 Å². The molecule has 2 aromatic heterocycles. The Balaban J connectivity index is 1.59. The second-order valence-electron chi connectivity index (χ2n) is 7.59. The fraction of sp³-hybridized carbons (Fsp3) is 0.125. The van der Waals surface area contributed by atoms with Gasteiger partial charge in [0.05, 0.1) is 5.57 Å². The average Bonchev–Trinajstić information content (AvgIpc) is 3.40. The molecule has 1 atom stereocenters. The van der Waals surface area contributed by atoms with Crippen LogP contribution in [0.25, 0.3) is 11.4 Å². The molecule has 160 valence electrons. The fourth-order valence-corrected chi connectivity index (χ4v) is 3.76. The van der Waals surface area contributed by atoms with Crippen LogP contribution in [0.15, 0.2) is 82.4 Å². The minimum Gasteiger partial charge on any atom is -0.508 e. The third-order valence-corrected chi connectivity index (χ3v) is 5.29. The molecule has 1 aliphatic heterocycles. The number of aromatic hydroxyl groups is 1. The summed E-state index contributed by atoms with van der Waals surface area (Å²) in [6.07, 6.45) is 0. The predicted molar refractivity (Wildman–Crippen MR) is 120 cm³/mol. The van der Waals surface area contributed by atoms with Crippen LogP contribution in [0.5, 0.6) is 5.75 Å². The molecule has 4 aromatic rings. The quantitative estimate of drug-likeness (QED) is 0.444. The number of phenolic OH excluding ortho intramolecular Hbond substituents is 1. The van der Waals surface area contributed by atoms with Crippen LogP contribution in [0.2, 0.25) is 0 Å². The lowest BCUT2D eigenvalue weighted by Crippen LogP contribution is -2.31. The van der Waals surface area contributed by atoms with Crippen LogP contribution < -0.4 is 10.6 Å². The van der Waals surface area contributed by atoms with E-state index in [9.17, 15) is 9.90 Å². The lowest BCUT2D eigenvalue weighted by molar-refractivity contribution is -0.113. The Morgan fingerprint density at radius 2 is 1.81 bits per heavy atom. The van der Waals surface area contributed by atoms with E-state index in [2.05, 4.69) is 20.7 Å². The number of aromatic nitrogens is 3. The number of carbonyl (C=O) groups excluding carboxylic acids is 1. The summed E-state index contributed by atoms with van der Waals surface area (Å²) in [6.45, 7) is 3.69. The molecule has 1 amide bonds. The Morgan fingerprint density at radius 3 is 2.50 bits per heavy atom. The van der Waals surface area contributed by atoms with Gasteiger partial charge in [0.15, 0.2) is 5.82 Å². The van der Waals surface area contributed by atoms with Crippen molar-refractivity contribution in [3.8, 4) is 17.1 Å². The molecule has 0 saturated heterocycles. The SMILES string of the molecule is CC1=C(C(=O)Nc2ccccc2)C(c2ccc(C)o2)n2nc(-c3ccc(O)cc3)nc2N1. The first-order chi connectivity index (χ1) is 15.5. The Hall–Kier alpha value is -4.33. The lowest BCUT2D eigenvalue weighted by atomic mass is 10.00. The monoisotopic (exact) mass is 427 g/mol. The van der Waals surface area contributed by atoms with Crippen molar-refractivity contribution in [2.75, 3.05) is 10.6 Å². The van der Waals surface area contributed by atoms with Gasteiger partial charge in [-0.15, -0.1) is 5.10 Å². The van der Waals surface area contributed by atoms with E-state index in [4.69, 9.17) is 4.42 Å². The molecule has 0 spiro atoms. The molecule has 1 unspecified atom stereocenters. The first kappa shape index (κ1) is 19.6. The Labute approximate surface area is 184 Å². The van der Waals surface area contributed by atoms with Gasteiger partial charge in [0, 0.05) is 16.9 Å². The number of phenols is 1. The van der Waals surface area contributed by atoms with Crippen molar-refractivity contribution >= 4 is 17.5 Å². The molecule has 3 heterocycles. The number of para-hydroxylation sites is 1. The summed E-state index contributed by atoms with van der Waals surface area (Å²) in [6, 6.07) is 19.0. The van der Waals surface area contributed by atoms with Crippen molar-refractivity contribution in [1.29, 1.82) is 0 Å². The molecular formula is C24H21N5O3. The zero-order valence-corrected chi connectivity index (χ0v) is 17.5. The van der Waals surface area contributed by atoms with Gasteiger partial charge in [-0.2, -0.15) is 4.98 Å². The van der Waals surface area contributed by atoms with Gasteiger partial charge in [-0.05, 0) is 62.4 Å². The van der Waals surface area contributed by atoms with E-state index < -0.39 is 6.04 Å². The zero-order valence-electron chi connectivity index (χ0n) is 17.5. The van der Waals surface area contributed by atoms with Crippen molar-refractivity contribution in [2.45, 2.75) is 19.9 Å². The smallest absolute Gasteiger partial charge is 0.256 e. The van der Waals surface area contributed by atoms with Crippen LogP contribution >= 0.6 is 0 Å². The summed E-state index contributed by atoms with van der Waals surface area (Å²) in [4.78, 5) is 18.0. The molecule has 0 saturated carbocycles. The highest BCUT2D eigenvalue weighted by atomic mass is 16.3. The molecule has 0 fully saturated rings. The molecule has 5 rings (SSSR count). The van der Waals surface area contributed by atoms with Gasteiger partial charge in [0.2, 0.25) is 5.95 Å². The zero-order chi connectivity index (χ0) is 22.2. The van der Waals surface area contributed by atoms with Crippen molar-refractivity contribution in [3.63, 3.8) is 0 Å². The number of carbonyl (C=O) groups is 1. The van der Waals surface area contributed by atoms with Crippen LogP contribution in [-0.2, 0) is 4.79 Å². The summed E-state index contributed by atoms with van der Waals surface area (Å²) < 4.78 is 7.59. The number of fused-ring (bicyclic) bond motifs is 1. The minimum atomic E-state index is -0.595. The number of rotatable bonds is 4. The first-order valence-electron chi connectivity index (χ1n) is 10.2. The molecule has 8 nitrogen and oxygen atoms in total. The summed E-state index contributed by atoms with van der Waals surface area (Å²) >= 11 is 0. The highest BCUT2D eigenvalue weighted by Gasteiger charge is 2.36. The van der Waals surface area contributed by atoms with Crippen molar-refractivity contribution in [1.82, 2.24) is 14.8 Å². The predicted octanol–water partition coefficient (Wildman–Crippen LogP) is 4.48. The number of allylic oxidation sites excluding steroid dienone is 1. The standard InChI is InChI=1S/C24H21N5O3/c1-14-8-13-19(32-14)21-20(23(31)26-17-6-4-3-5-7-17)15(2)25-24-27-22(28-29(21)24)16-9-11-18(30)12-10-16/h3-13,21,30H,1-2H3,(H,26,31)(H,25,27,28). The van der Waals surface area contributed by atoms with Gasteiger partial charge in [-0.25, -0.2) is 4.68 Å². The molecule has 2 aromatic carbocycles. The maximum Gasteiger partial charge on any atom is 0.256 e. The summed E-state index contributed by atoms with van der Waals surface area (Å²) in [5.41, 5.74) is 2.59.